The topological polar surface area (TPSA) is 63.2 Å². The first-order chi connectivity index (χ1) is 13.7. The van der Waals surface area contributed by atoms with E-state index in [0.29, 0.717) is 12.1 Å². The Kier molecular flexibility index (Phi) is 5.37. The number of nitrogens with one attached hydrogen (secondary N) is 2. The van der Waals surface area contributed by atoms with Gasteiger partial charge in [0.2, 0.25) is 0 Å². The van der Waals surface area contributed by atoms with Gasteiger partial charge in [-0.05, 0) is 32.0 Å². The maximum atomic E-state index is 13.2. The van der Waals surface area contributed by atoms with Crippen LogP contribution in [0.5, 0.6) is 0 Å². The number of benzene rings is 2. The molecule has 144 valence electrons. The molecule has 0 unspecified atom stereocenters. The number of fused-ring (bicyclic) bond motifs is 1. The van der Waals surface area contributed by atoms with Crippen molar-refractivity contribution in [2.75, 3.05) is 20.2 Å². The summed E-state index contributed by atoms with van der Waals surface area (Å²) in [5.74, 6) is -0.0947. The van der Waals surface area contributed by atoms with Crippen molar-refractivity contribution in [3.8, 4) is 11.3 Å². The van der Waals surface area contributed by atoms with E-state index in [4.69, 9.17) is 9.72 Å². The Bertz CT molecular complexity index is 985. The fourth-order valence-corrected chi connectivity index (χ4v) is 3.74. The zero-order chi connectivity index (χ0) is 19.5. The highest BCUT2D eigenvalue weighted by atomic mass is 16.5. The van der Waals surface area contributed by atoms with E-state index in [1.54, 1.807) is 7.11 Å². The Morgan fingerprint density at radius 3 is 2.75 bits per heavy atom. The van der Waals surface area contributed by atoms with E-state index in [0.717, 1.165) is 35.1 Å². The van der Waals surface area contributed by atoms with Crippen molar-refractivity contribution in [2.45, 2.75) is 25.5 Å². The van der Waals surface area contributed by atoms with Gasteiger partial charge in [0.25, 0.3) is 5.91 Å². The van der Waals surface area contributed by atoms with E-state index in [9.17, 15) is 4.79 Å². The van der Waals surface area contributed by atoms with Crippen LogP contribution in [0.25, 0.3) is 22.2 Å². The van der Waals surface area contributed by atoms with E-state index < -0.39 is 0 Å². The molecule has 0 saturated carbocycles. The van der Waals surface area contributed by atoms with Gasteiger partial charge in [-0.3, -0.25) is 4.79 Å². The number of aromatic nitrogens is 1. The summed E-state index contributed by atoms with van der Waals surface area (Å²) in [7, 11) is 1.70. The average molecular weight is 375 g/mol. The molecule has 1 fully saturated rings. The Balaban J connectivity index is 1.72. The smallest absolute Gasteiger partial charge is 0.252 e. The standard InChI is InChI=1S/C23H25N3O2/c1-15-7-9-16(10-8-15)20-13-18(17-5-3-4-6-19(17)25-20)23(27)26-21-14-24-12-11-22(21)28-2/h3-10,13,21-22,24H,11-12,14H2,1-2H3,(H,26,27)/t21-,22+/m0/s1. The fraction of sp³-hybridized carbons (Fsp3) is 0.304. The van der Waals surface area contributed by atoms with E-state index in [1.807, 2.05) is 42.5 Å². The number of carbonyl (C=O) groups excluding carboxylic acids is 1. The van der Waals surface area contributed by atoms with Crippen molar-refractivity contribution >= 4 is 16.8 Å². The molecule has 0 spiro atoms. The lowest BCUT2D eigenvalue weighted by atomic mass is 10.0. The van der Waals surface area contributed by atoms with Gasteiger partial charge in [-0.2, -0.15) is 0 Å². The van der Waals surface area contributed by atoms with Crippen LogP contribution in [0, 0.1) is 6.92 Å². The third-order valence-electron chi connectivity index (χ3n) is 5.35. The first-order valence-electron chi connectivity index (χ1n) is 9.67. The molecule has 2 heterocycles. The predicted molar refractivity (Wildman–Crippen MR) is 111 cm³/mol. The van der Waals surface area contributed by atoms with Gasteiger partial charge in [0, 0.05) is 24.6 Å². The summed E-state index contributed by atoms with van der Waals surface area (Å²) in [6.07, 6.45) is 0.905. The van der Waals surface area contributed by atoms with Crippen LogP contribution in [0.15, 0.2) is 54.6 Å². The predicted octanol–water partition coefficient (Wildman–Crippen LogP) is 3.32. The molecule has 5 nitrogen and oxygen atoms in total. The van der Waals surface area contributed by atoms with Crippen molar-refractivity contribution in [2.24, 2.45) is 0 Å². The monoisotopic (exact) mass is 375 g/mol. The second-order valence-electron chi connectivity index (χ2n) is 7.29. The number of carbonyl (C=O) groups is 1. The van der Waals surface area contributed by atoms with E-state index in [2.05, 4.69) is 29.7 Å². The maximum Gasteiger partial charge on any atom is 0.252 e. The zero-order valence-electron chi connectivity index (χ0n) is 16.2. The highest BCUT2D eigenvalue weighted by molar-refractivity contribution is 6.07. The third-order valence-corrected chi connectivity index (χ3v) is 5.35. The molecular formula is C23H25N3O2. The van der Waals surface area contributed by atoms with Gasteiger partial charge in [0.1, 0.15) is 0 Å². The van der Waals surface area contributed by atoms with Gasteiger partial charge >= 0.3 is 0 Å². The van der Waals surface area contributed by atoms with Crippen LogP contribution in [-0.2, 0) is 4.74 Å². The highest BCUT2D eigenvalue weighted by Gasteiger charge is 2.27. The van der Waals surface area contributed by atoms with Crippen LogP contribution in [0.4, 0.5) is 0 Å². The number of methoxy groups -OCH3 is 1. The van der Waals surface area contributed by atoms with E-state index in [-0.39, 0.29) is 18.1 Å². The molecule has 4 rings (SSSR count). The molecule has 1 saturated heterocycles. The molecule has 1 aliphatic heterocycles. The number of rotatable bonds is 4. The summed E-state index contributed by atoms with van der Waals surface area (Å²) in [6, 6.07) is 17.8. The number of amides is 1. The molecule has 28 heavy (non-hydrogen) atoms. The molecule has 1 aliphatic rings. The second kappa shape index (κ2) is 8.09. The number of hydrogen-bond donors (Lipinski definition) is 2. The van der Waals surface area contributed by atoms with Gasteiger partial charge in [-0.1, -0.05) is 48.0 Å². The largest absolute Gasteiger partial charge is 0.379 e. The molecule has 1 aromatic heterocycles. The number of piperidine rings is 1. The van der Waals surface area contributed by atoms with Gasteiger partial charge in [0.15, 0.2) is 0 Å². The number of nitrogens with zero attached hydrogens (tertiary/aromatic N) is 1. The Morgan fingerprint density at radius 2 is 1.96 bits per heavy atom. The summed E-state index contributed by atoms with van der Waals surface area (Å²) in [4.78, 5) is 18.0. The summed E-state index contributed by atoms with van der Waals surface area (Å²) < 4.78 is 5.57. The van der Waals surface area contributed by atoms with Gasteiger partial charge in [0.05, 0.1) is 28.9 Å². The SMILES string of the molecule is CO[C@@H]1CCNC[C@@H]1NC(=O)c1cc(-c2ccc(C)cc2)nc2ccccc12. The van der Waals surface area contributed by atoms with Crippen LogP contribution in [0.1, 0.15) is 22.3 Å². The van der Waals surface area contributed by atoms with Gasteiger partial charge in [-0.15, -0.1) is 0 Å². The van der Waals surface area contributed by atoms with Crippen molar-refractivity contribution in [1.82, 2.24) is 15.6 Å². The van der Waals surface area contributed by atoms with Crippen LogP contribution in [0.3, 0.4) is 0 Å². The lowest BCUT2D eigenvalue weighted by Gasteiger charge is -2.31. The summed E-state index contributed by atoms with van der Waals surface area (Å²) >= 11 is 0. The van der Waals surface area contributed by atoms with Crippen LogP contribution in [-0.4, -0.2) is 43.2 Å². The highest BCUT2D eigenvalue weighted by Crippen LogP contribution is 2.25. The van der Waals surface area contributed by atoms with Crippen molar-refractivity contribution in [3.05, 3.63) is 65.7 Å². The van der Waals surface area contributed by atoms with Crippen molar-refractivity contribution in [3.63, 3.8) is 0 Å². The molecule has 2 atom stereocenters. The minimum absolute atomic E-state index is 0.0230. The maximum absolute atomic E-state index is 13.2. The Labute approximate surface area is 165 Å². The Morgan fingerprint density at radius 1 is 1.18 bits per heavy atom. The fourth-order valence-electron chi connectivity index (χ4n) is 3.74. The first kappa shape index (κ1) is 18.6. The van der Waals surface area contributed by atoms with Crippen molar-refractivity contribution in [1.29, 1.82) is 0 Å². The number of para-hydroxylation sites is 1. The normalized spacial score (nSPS) is 19.5. The molecule has 0 bridgehead atoms. The molecule has 2 N–H and O–H groups in total. The number of ether oxygens (including phenoxy) is 1. The lowest BCUT2D eigenvalue weighted by Crippen LogP contribution is -2.54. The number of hydrogen-bond acceptors (Lipinski definition) is 4. The van der Waals surface area contributed by atoms with Crippen LogP contribution < -0.4 is 10.6 Å². The summed E-state index contributed by atoms with van der Waals surface area (Å²) in [5, 5.41) is 7.35. The molecule has 0 radical (unpaired) electrons. The molecule has 5 heteroatoms. The van der Waals surface area contributed by atoms with E-state index in [1.165, 1.54) is 5.56 Å². The summed E-state index contributed by atoms with van der Waals surface area (Å²) in [6.45, 7) is 3.67. The van der Waals surface area contributed by atoms with Crippen LogP contribution >= 0.6 is 0 Å². The zero-order valence-corrected chi connectivity index (χ0v) is 16.2. The van der Waals surface area contributed by atoms with Gasteiger partial charge in [-0.25, -0.2) is 4.98 Å². The van der Waals surface area contributed by atoms with Crippen LogP contribution in [0.2, 0.25) is 0 Å². The quantitative estimate of drug-likeness (QED) is 0.734. The molecule has 1 amide bonds. The molecular weight excluding hydrogens is 350 g/mol. The minimum atomic E-state index is -0.0947. The first-order valence-corrected chi connectivity index (χ1v) is 9.67. The average Bonchev–Trinajstić information content (AvgIpc) is 2.74. The van der Waals surface area contributed by atoms with Gasteiger partial charge < -0.3 is 15.4 Å². The molecule has 2 aromatic carbocycles. The lowest BCUT2D eigenvalue weighted by molar-refractivity contribution is 0.0448. The molecule has 0 aliphatic carbocycles. The number of aryl methyl sites for hydroxylation is 1. The Hall–Kier alpha value is -2.76. The van der Waals surface area contributed by atoms with E-state index >= 15 is 0 Å². The van der Waals surface area contributed by atoms with Crippen molar-refractivity contribution < 1.29 is 9.53 Å². The summed E-state index contributed by atoms with van der Waals surface area (Å²) in [5.41, 5.74) is 4.45. The second-order valence-corrected chi connectivity index (χ2v) is 7.29. The third kappa shape index (κ3) is 3.77. The molecule has 3 aromatic rings. The minimum Gasteiger partial charge on any atom is -0.379 e. The number of pyridine rings is 1.